The molecule has 0 aromatic carbocycles. The Hall–Kier alpha value is -0.770. The van der Waals surface area contributed by atoms with Gasteiger partial charge in [-0.05, 0) is 34.1 Å². The minimum Gasteiger partial charge on any atom is -0.353 e. The number of aliphatic imine (C=N–C) groups is 1. The second-order valence-corrected chi connectivity index (χ2v) is 4.36. The van der Waals surface area contributed by atoms with Gasteiger partial charge < -0.3 is 5.32 Å². The van der Waals surface area contributed by atoms with E-state index in [1.165, 1.54) is 0 Å². The molecular formula is C11H26N4. The Kier molecular flexibility index (Phi) is 7.13. The Morgan fingerprint density at radius 3 is 2.33 bits per heavy atom. The summed E-state index contributed by atoms with van der Waals surface area (Å²) in [5.41, 5.74) is 0. The van der Waals surface area contributed by atoms with Gasteiger partial charge in [0.25, 0.3) is 0 Å². The number of guanidine groups is 1. The zero-order chi connectivity index (χ0) is 11.8. The fourth-order valence-corrected chi connectivity index (χ4v) is 1.05. The lowest BCUT2D eigenvalue weighted by Crippen LogP contribution is -2.51. The van der Waals surface area contributed by atoms with Crippen molar-refractivity contribution in [2.75, 3.05) is 6.54 Å². The zero-order valence-electron chi connectivity index (χ0n) is 10.7. The molecule has 4 heteroatoms. The summed E-state index contributed by atoms with van der Waals surface area (Å²) < 4.78 is 0. The summed E-state index contributed by atoms with van der Waals surface area (Å²) in [7, 11) is 0. The van der Waals surface area contributed by atoms with Gasteiger partial charge in [-0.3, -0.25) is 10.0 Å². The molecule has 0 amide bonds. The van der Waals surface area contributed by atoms with Gasteiger partial charge in [-0.25, -0.2) is 5.84 Å². The smallest absolute Gasteiger partial charge is 0.208 e. The van der Waals surface area contributed by atoms with Crippen LogP contribution in [0.2, 0.25) is 0 Å². The molecule has 0 aromatic heterocycles. The Bertz CT molecular complexity index is 187. The maximum Gasteiger partial charge on any atom is 0.208 e. The molecule has 0 heterocycles. The van der Waals surface area contributed by atoms with E-state index in [0.29, 0.717) is 6.04 Å². The number of nitrogens with zero attached hydrogens (tertiary/aromatic N) is 2. The van der Waals surface area contributed by atoms with Gasteiger partial charge in [0, 0.05) is 18.6 Å². The van der Waals surface area contributed by atoms with Crippen molar-refractivity contribution in [3.63, 3.8) is 0 Å². The highest BCUT2D eigenvalue weighted by Crippen LogP contribution is 1.95. The number of rotatable bonds is 5. The molecule has 0 rings (SSSR count). The van der Waals surface area contributed by atoms with E-state index >= 15 is 0 Å². The van der Waals surface area contributed by atoms with Crippen molar-refractivity contribution in [1.29, 1.82) is 0 Å². The highest BCUT2D eigenvalue weighted by atomic mass is 15.5. The van der Waals surface area contributed by atoms with Crippen molar-refractivity contribution < 1.29 is 0 Å². The lowest BCUT2D eigenvalue weighted by atomic mass is 10.3. The lowest BCUT2D eigenvalue weighted by Gasteiger charge is -2.26. The fourth-order valence-electron chi connectivity index (χ4n) is 1.05. The maximum absolute atomic E-state index is 5.93. The predicted octanol–water partition coefficient (Wildman–Crippen LogP) is 1.72. The first-order valence-electron chi connectivity index (χ1n) is 5.84. The van der Waals surface area contributed by atoms with E-state index in [-0.39, 0.29) is 6.04 Å². The molecule has 0 saturated carbocycles. The number of hydrazine groups is 1. The van der Waals surface area contributed by atoms with Crippen LogP contribution in [0.5, 0.6) is 0 Å². The van der Waals surface area contributed by atoms with E-state index in [1.807, 2.05) is 0 Å². The van der Waals surface area contributed by atoms with E-state index in [9.17, 15) is 0 Å². The van der Waals surface area contributed by atoms with Crippen LogP contribution >= 0.6 is 0 Å². The van der Waals surface area contributed by atoms with Gasteiger partial charge in [0.2, 0.25) is 5.96 Å². The van der Waals surface area contributed by atoms with Gasteiger partial charge in [0.05, 0.1) is 0 Å². The van der Waals surface area contributed by atoms with Crippen LogP contribution in [0.4, 0.5) is 0 Å². The predicted molar refractivity (Wildman–Crippen MR) is 66.6 cm³/mol. The Morgan fingerprint density at radius 2 is 1.93 bits per heavy atom. The third kappa shape index (κ3) is 6.33. The normalized spacial score (nSPS) is 12.4. The van der Waals surface area contributed by atoms with Crippen LogP contribution in [0.15, 0.2) is 4.99 Å². The molecule has 3 N–H and O–H groups in total. The monoisotopic (exact) mass is 214 g/mol. The molecule has 0 aromatic rings. The average molecular weight is 214 g/mol. The highest BCUT2D eigenvalue weighted by Gasteiger charge is 2.10. The number of nitrogens with one attached hydrogen (secondary N) is 1. The van der Waals surface area contributed by atoms with Gasteiger partial charge in [-0.15, -0.1) is 0 Å². The molecule has 0 bridgehead atoms. The van der Waals surface area contributed by atoms with E-state index < -0.39 is 0 Å². The summed E-state index contributed by atoms with van der Waals surface area (Å²) in [6.07, 6.45) is 2.26. The SMILES string of the molecule is CCCCN=C(NC(C)C)N(N)C(C)C. The number of unbranched alkanes of at least 4 members (excludes halogenated alkanes) is 1. The molecule has 15 heavy (non-hydrogen) atoms. The van der Waals surface area contributed by atoms with Crippen LogP contribution in [0.3, 0.4) is 0 Å². The Balaban J connectivity index is 4.35. The summed E-state index contributed by atoms with van der Waals surface area (Å²) in [5.74, 6) is 6.73. The minimum absolute atomic E-state index is 0.261. The Labute approximate surface area is 93.9 Å². The molecule has 0 atom stereocenters. The molecule has 4 nitrogen and oxygen atoms in total. The fraction of sp³-hybridized carbons (Fsp3) is 0.909. The molecule has 0 unspecified atom stereocenters. The summed E-state index contributed by atoms with van der Waals surface area (Å²) in [5, 5.41) is 4.96. The molecule has 0 radical (unpaired) electrons. The minimum atomic E-state index is 0.261. The Morgan fingerprint density at radius 1 is 1.33 bits per heavy atom. The second-order valence-electron chi connectivity index (χ2n) is 4.36. The number of hydrogen-bond donors (Lipinski definition) is 2. The highest BCUT2D eigenvalue weighted by molar-refractivity contribution is 5.79. The summed E-state index contributed by atoms with van der Waals surface area (Å²) >= 11 is 0. The van der Waals surface area contributed by atoms with Crippen LogP contribution < -0.4 is 11.2 Å². The van der Waals surface area contributed by atoms with Gasteiger partial charge in [-0.2, -0.15) is 0 Å². The molecule has 0 aliphatic carbocycles. The molecule has 0 aliphatic rings. The van der Waals surface area contributed by atoms with E-state index in [0.717, 1.165) is 25.3 Å². The van der Waals surface area contributed by atoms with Crippen molar-refractivity contribution in [2.45, 2.75) is 59.5 Å². The van der Waals surface area contributed by atoms with Gasteiger partial charge >= 0.3 is 0 Å². The third-order valence-electron chi connectivity index (χ3n) is 1.99. The summed E-state index contributed by atoms with van der Waals surface area (Å²) in [6, 6.07) is 0.617. The van der Waals surface area contributed by atoms with E-state index in [1.54, 1.807) is 5.01 Å². The third-order valence-corrected chi connectivity index (χ3v) is 1.99. The first-order chi connectivity index (χ1) is 6.99. The topological polar surface area (TPSA) is 53.7 Å². The molecular weight excluding hydrogens is 188 g/mol. The number of nitrogens with two attached hydrogens (primary N) is 1. The van der Waals surface area contributed by atoms with Crippen LogP contribution in [0.1, 0.15) is 47.5 Å². The zero-order valence-corrected chi connectivity index (χ0v) is 10.7. The van der Waals surface area contributed by atoms with Crippen molar-refractivity contribution in [3.05, 3.63) is 0 Å². The first-order valence-corrected chi connectivity index (χ1v) is 5.84. The summed E-state index contributed by atoms with van der Waals surface area (Å²) in [6.45, 7) is 11.3. The van der Waals surface area contributed by atoms with Crippen molar-refractivity contribution in [3.8, 4) is 0 Å². The number of hydrogen-bond acceptors (Lipinski definition) is 2. The maximum atomic E-state index is 5.93. The van der Waals surface area contributed by atoms with Crippen molar-refractivity contribution in [1.82, 2.24) is 10.3 Å². The molecule has 90 valence electrons. The van der Waals surface area contributed by atoms with Crippen LogP contribution in [-0.4, -0.2) is 29.6 Å². The van der Waals surface area contributed by atoms with Gasteiger partial charge in [-0.1, -0.05) is 13.3 Å². The largest absolute Gasteiger partial charge is 0.353 e. The standard InChI is InChI=1S/C11H26N4/c1-6-7-8-13-11(14-9(2)3)15(12)10(4)5/h9-10H,6-8,12H2,1-5H3,(H,13,14). The summed E-state index contributed by atoms with van der Waals surface area (Å²) in [4.78, 5) is 4.48. The van der Waals surface area contributed by atoms with Crippen molar-refractivity contribution >= 4 is 5.96 Å². The van der Waals surface area contributed by atoms with Crippen LogP contribution in [-0.2, 0) is 0 Å². The van der Waals surface area contributed by atoms with Crippen molar-refractivity contribution in [2.24, 2.45) is 10.8 Å². The van der Waals surface area contributed by atoms with Crippen LogP contribution in [0.25, 0.3) is 0 Å². The molecule has 0 spiro atoms. The van der Waals surface area contributed by atoms with Crippen LogP contribution in [0, 0.1) is 0 Å². The molecule has 0 saturated heterocycles. The quantitative estimate of drug-likeness (QED) is 0.241. The molecule has 0 fully saturated rings. The molecule has 0 aliphatic heterocycles. The lowest BCUT2D eigenvalue weighted by molar-refractivity contribution is 0.345. The van der Waals surface area contributed by atoms with E-state index in [4.69, 9.17) is 5.84 Å². The average Bonchev–Trinajstić information content (AvgIpc) is 2.14. The first kappa shape index (κ1) is 14.2. The van der Waals surface area contributed by atoms with Gasteiger partial charge in [0.1, 0.15) is 0 Å². The van der Waals surface area contributed by atoms with E-state index in [2.05, 4.69) is 44.9 Å². The van der Waals surface area contributed by atoms with Gasteiger partial charge in [0.15, 0.2) is 0 Å². The second kappa shape index (κ2) is 7.51.